The summed E-state index contributed by atoms with van der Waals surface area (Å²) in [6.07, 6.45) is 25.5. The molecule has 0 N–H and O–H groups in total. The lowest BCUT2D eigenvalue weighted by Crippen LogP contribution is -1.71. The monoisotopic (exact) mass is 187 g/mol. The van der Waals surface area contributed by atoms with Crippen molar-refractivity contribution in [3.8, 4) is 0 Å². The molecule has 0 aliphatic heterocycles. The highest BCUT2D eigenvalue weighted by molar-refractivity contribution is 5.07. The number of allylic oxidation sites excluding steroid dienone is 8. The first kappa shape index (κ1) is 11.0. The molecule has 0 aromatic rings. The Morgan fingerprint density at radius 3 is 1.86 bits per heavy atom. The fourth-order valence-corrected chi connectivity index (χ4v) is 1.30. The molecule has 0 spiro atoms. The van der Waals surface area contributed by atoms with Crippen molar-refractivity contribution < 1.29 is 0 Å². The summed E-state index contributed by atoms with van der Waals surface area (Å²) in [6.45, 7) is 0. The first-order chi connectivity index (χ1) is 7.00. The van der Waals surface area contributed by atoms with Crippen molar-refractivity contribution >= 4 is 0 Å². The van der Waals surface area contributed by atoms with E-state index in [9.17, 15) is 0 Å². The van der Waals surface area contributed by atoms with Gasteiger partial charge in [0, 0.05) is 0 Å². The van der Waals surface area contributed by atoms with Crippen LogP contribution in [0.1, 0.15) is 32.1 Å². The van der Waals surface area contributed by atoms with Gasteiger partial charge in [-0.15, -0.1) is 0 Å². The Morgan fingerprint density at radius 2 is 1.07 bits per heavy atom. The summed E-state index contributed by atoms with van der Waals surface area (Å²) >= 11 is 0. The zero-order valence-electron chi connectivity index (χ0n) is 8.73. The van der Waals surface area contributed by atoms with Gasteiger partial charge < -0.3 is 0 Å². The molecule has 0 aromatic heterocycles. The summed E-state index contributed by atoms with van der Waals surface area (Å²) in [5, 5.41) is 0. The fraction of sp³-hybridized carbons (Fsp3) is 0.357. The summed E-state index contributed by atoms with van der Waals surface area (Å²) in [5.41, 5.74) is 0. The van der Waals surface area contributed by atoms with E-state index in [4.69, 9.17) is 0 Å². The van der Waals surface area contributed by atoms with E-state index in [0.29, 0.717) is 0 Å². The van der Waals surface area contributed by atoms with Crippen LogP contribution in [0.4, 0.5) is 0 Å². The third kappa shape index (κ3) is 6.47. The van der Waals surface area contributed by atoms with Crippen molar-refractivity contribution in [2.75, 3.05) is 0 Å². The molecule has 0 unspecified atom stereocenters. The smallest absolute Gasteiger partial charge is 0.0133 e. The maximum absolute atomic E-state index is 2.28. The Balaban J connectivity index is 2.34. The molecule has 0 heterocycles. The maximum Gasteiger partial charge on any atom is -0.0133 e. The summed E-state index contributed by atoms with van der Waals surface area (Å²) < 4.78 is 0. The Kier molecular flexibility index (Phi) is 6.74. The molecule has 0 atom stereocenters. The quantitative estimate of drug-likeness (QED) is 0.494. The molecule has 14 heavy (non-hydrogen) atoms. The molecule has 1 rings (SSSR count). The van der Waals surface area contributed by atoms with Crippen LogP contribution >= 0.6 is 0 Å². The van der Waals surface area contributed by atoms with E-state index in [0.717, 1.165) is 19.3 Å². The average Bonchev–Trinajstić information content (AvgIpc) is 2.22. The zero-order chi connectivity index (χ0) is 9.90. The largest absolute Gasteiger partial charge is 0.0882 e. The zero-order valence-corrected chi connectivity index (χ0v) is 8.73. The average molecular weight is 187 g/mol. The molecule has 0 nitrogen and oxygen atoms in total. The van der Waals surface area contributed by atoms with Crippen molar-refractivity contribution in [2.45, 2.75) is 32.1 Å². The second-order valence-electron chi connectivity index (χ2n) is 3.38. The lowest BCUT2D eigenvalue weighted by molar-refractivity contribution is 1.00. The summed E-state index contributed by atoms with van der Waals surface area (Å²) in [4.78, 5) is 0. The summed E-state index contributed by atoms with van der Waals surface area (Å²) in [5.74, 6) is 0. The number of hydrogen-bond donors (Lipinski definition) is 0. The first-order valence-corrected chi connectivity index (χ1v) is 5.45. The molecule has 0 saturated heterocycles. The van der Waals surface area contributed by atoms with Gasteiger partial charge in [-0.05, 0) is 38.5 Å². The van der Waals surface area contributed by atoms with Crippen LogP contribution in [0.5, 0.6) is 0 Å². The predicted molar refractivity (Wildman–Crippen MR) is 63.9 cm³/mol. The van der Waals surface area contributed by atoms with Crippen molar-refractivity contribution in [3.63, 3.8) is 0 Å². The van der Waals surface area contributed by atoms with Crippen molar-refractivity contribution in [1.82, 2.24) is 0 Å². The number of rotatable bonds is 0. The van der Waals surface area contributed by atoms with E-state index in [-0.39, 0.29) is 0 Å². The molecule has 0 heteroatoms. The normalized spacial score (nSPS) is 19.4. The molecule has 1 radical (unpaired) electrons. The van der Waals surface area contributed by atoms with E-state index in [1.54, 1.807) is 0 Å². The molecule has 0 fully saturated rings. The molecule has 0 aromatic carbocycles. The minimum Gasteiger partial charge on any atom is -0.0882 e. The maximum atomic E-state index is 2.28. The first-order valence-electron chi connectivity index (χ1n) is 5.45. The molecule has 1 aliphatic carbocycles. The van der Waals surface area contributed by atoms with Crippen LogP contribution in [-0.2, 0) is 0 Å². The molecule has 0 bridgehead atoms. The minimum absolute atomic E-state index is 1.04. The SMILES string of the molecule is [CH]1C=CCCC=CCCC=CC=CC1. The van der Waals surface area contributed by atoms with Crippen LogP contribution < -0.4 is 0 Å². The molecule has 1 aliphatic rings. The van der Waals surface area contributed by atoms with Gasteiger partial charge in [0.05, 0.1) is 0 Å². The van der Waals surface area contributed by atoms with Gasteiger partial charge in [-0.2, -0.15) is 0 Å². The minimum atomic E-state index is 1.04. The highest BCUT2D eigenvalue weighted by Gasteiger charge is 1.81. The molecule has 75 valence electrons. The topological polar surface area (TPSA) is 0 Å². The van der Waals surface area contributed by atoms with Crippen LogP contribution in [0.15, 0.2) is 48.6 Å². The fourth-order valence-electron chi connectivity index (χ4n) is 1.30. The van der Waals surface area contributed by atoms with E-state index in [1.807, 2.05) is 0 Å². The van der Waals surface area contributed by atoms with E-state index in [2.05, 4.69) is 55.0 Å². The Hall–Kier alpha value is -1.04. The lowest BCUT2D eigenvalue weighted by Gasteiger charge is -1.90. The van der Waals surface area contributed by atoms with Crippen LogP contribution in [0.3, 0.4) is 0 Å². The van der Waals surface area contributed by atoms with Crippen LogP contribution in [0.25, 0.3) is 0 Å². The summed E-state index contributed by atoms with van der Waals surface area (Å²) in [7, 11) is 0. The van der Waals surface area contributed by atoms with E-state index < -0.39 is 0 Å². The van der Waals surface area contributed by atoms with Gasteiger partial charge >= 0.3 is 0 Å². The lowest BCUT2D eigenvalue weighted by atomic mass is 10.2. The van der Waals surface area contributed by atoms with Crippen LogP contribution in [0.2, 0.25) is 0 Å². The van der Waals surface area contributed by atoms with Crippen LogP contribution in [-0.4, -0.2) is 0 Å². The van der Waals surface area contributed by atoms with Gasteiger partial charge in [0.15, 0.2) is 0 Å². The Morgan fingerprint density at radius 1 is 0.500 bits per heavy atom. The van der Waals surface area contributed by atoms with Crippen LogP contribution in [0, 0.1) is 6.42 Å². The van der Waals surface area contributed by atoms with Gasteiger partial charge in [0.2, 0.25) is 0 Å². The van der Waals surface area contributed by atoms with E-state index >= 15 is 0 Å². The van der Waals surface area contributed by atoms with Gasteiger partial charge in [0.1, 0.15) is 0 Å². The Labute approximate surface area is 87.7 Å². The highest BCUT2D eigenvalue weighted by atomic mass is 13.9. The Bertz CT molecular complexity index is 202. The van der Waals surface area contributed by atoms with Crippen molar-refractivity contribution in [3.05, 3.63) is 55.0 Å². The highest BCUT2D eigenvalue weighted by Crippen LogP contribution is 2.00. The van der Waals surface area contributed by atoms with Gasteiger partial charge in [0.25, 0.3) is 0 Å². The number of hydrogen-bond acceptors (Lipinski definition) is 0. The standard InChI is InChI=1S/C14H19/c1-2-4-6-8-10-12-14-13-11-9-7-5-3-1/h1-4,7,9-12H,5-6,8,13-14H2. The summed E-state index contributed by atoms with van der Waals surface area (Å²) in [6, 6.07) is 0. The predicted octanol–water partition coefficient (Wildman–Crippen LogP) is 4.38. The van der Waals surface area contributed by atoms with Crippen molar-refractivity contribution in [2.24, 2.45) is 0 Å². The van der Waals surface area contributed by atoms with Gasteiger partial charge in [-0.1, -0.05) is 48.6 Å². The van der Waals surface area contributed by atoms with E-state index in [1.165, 1.54) is 12.8 Å². The second kappa shape index (κ2) is 8.55. The molecular formula is C14H19. The van der Waals surface area contributed by atoms with Crippen molar-refractivity contribution in [1.29, 1.82) is 0 Å². The molecule has 0 saturated carbocycles. The molecular weight excluding hydrogens is 168 g/mol. The molecule has 0 amide bonds. The second-order valence-corrected chi connectivity index (χ2v) is 3.38. The van der Waals surface area contributed by atoms with Gasteiger partial charge in [-0.3, -0.25) is 0 Å². The third-order valence-corrected chi connectivity index (χ3v) is 2.09. The van der Waals surface area contributed by atoms with Gasteiger partial charge in [-0.25, -0.2) is 0 Å². The third-order valence-electron chi connectivity index (χ3n) is 2.09.